The number of fused-ring (bicyclic) bond motifs is 1. The summed E-state index contributed by atoms with van der Waals surface area (Å²) in [7, 11) is 3.12. The van der Waals surface area contributed by atoms with Gasteiger partial charge in [0.2, 0.25) is 0 Å². The monoisotopic (exact) mass is 493 g/mol. The molecule has 3 saturated heterocycles. The van der Waals surface area contributed by atoms with Crippen molar-refractivity contribution in [2.45, 2.75) is 63.0 Å². The Kier molecular flexibility index (Phi) is 3.84. The normalized spacial score (nSPS) is 54.2. The van der Waals surface area contributed by atoms with Crippen molar-refractivity contribution in [3.05, 3.63) is 35.9 Å². The second kappa shape index (κ2) is 6.30. The molecule has 3 unspecified atom stereocenters. The van der Waals surface area contributed by atoms with E-state index in [1.54, 1.807) is 32.4 Å². The van der Waals surface area contributed by atoms with Gasteiger partial charge in [-0.05, 0) is 60.8 Å². The van der Waals surface area contributed by atoms with E-state index in [0.29, 0.717) is 29.4 Å². The highest BCUT2D eigenvalue weighted by atomic mass is 16.5. The first kappa shape index (κ1) is 21.9. The van der Waals surface area contributed by atoms with Gasteiger partial charge in [-0.25, -0.2) is 4.79 Å². The average molecular weight is 494 g/mol. The van der Waals surface area contributed by atoms with Crippen molar-refractivity contribution in [1.82, 2.24) is 4.90 Å². The van der Waals surface area contributed by atoms with Crippen LogP contribution in [0.4, 0.5) is 0 Å². The predicted octanol–water partition coefficient (Wildman–Crippen LogP) is 3.00. The van der Waals surface area contributed by atoms with E-state index >= 15 is 0 Å². The Hall–Kier alpha value is -2.09. The van der Waals surface area contributed by atoms with Crippen molar-refractivity contribution in [1.29, 1.82) is 0 Å². The summed E-state index contributed by atoms with van der Waals surface area (Å²) in [6.07, 6.45) is 3.75. The molecule has 2 N–H and O–H groups in total. The summed E-state index contributed by atoms with van der Waals surface area (Å²) in [5, 5.41) is 24.0. The molecule has 10 rings (SSSR count). The summed E-state index contributed by atoms with van der Waals surface area (Å²) in [5.74, 6) is 1.14. The molecule has 3 aliphatic heterocycles. The Morgan fingerprint density at radius 2 is 1.94 bits per heavy atom. The zero-order chi connectivity index (χ0) is 25.0. The van der Waals surface area contributed by atoms with Crippen LogP contribution in [0.25, 0.3) is 0 Å². The topological polar surface area (TPSA) is 88.5 Å². The lowest BCUT2D eigenvalue weighted by atomic mass is 9.39. The minimum atomic E-state index is -0.865. The Labute approximate surface area is 211 Å². The van der Waals surface area contributed by atoms with Crippen molar-refractivity contribution in [2.75, 3.05) is 20.8 Å². The van der Waals surface area contributed by atoms with Crippen molar-refractivity contribution in [2.24, 2.45) is 39.9 Å². The molecule has 1 aromatic carbocycles. The molecule has 0 aromatic heterocycles. The summed E-state index contributed by atoms with van der Waals surface area (Å²) in [4.78, 5) is 16.1. The van der Waals surface area contributed by atoms with E-state index in [0.717, 1.165) is 37.8 Å². The van der Waals surface area contributed by atoms with Gasteiger partial charge >= 0.3 is 5.97 Å². The van der Waals surface area contributed by atoms with Crippen LogP contribution in [0.15, 0.2) is 30.4 Å². The first-order valence-corrected chi connectivity index (χ1v) is 13.5. The number of nitrogens with zero attached hydrogens (tertiary/aromatic N) is 1. The fraction of sp³-hybridized carbons (Fsp3) is 0.690. The molecular weight excluding hydrogens is 458 g/mol. The minimum Gasteiger partial charge on any atom is -0.493 e. The lowest BCUT2D eigenvalue weighted by molar-refractivity contribution is -0.271. The molecule has 2 spiro atoms. The van der Waals surface area contributed by atoms with Gasteiger partial charge < -0.3 is 24.4 Å². The number of rotatable bonds is 4. The van der Waals surface area contributed by atoms with E-state index in [1.165, 1.54) is 0 Å². The van der Waals surface area contributed by atoms with Gasteiger partial charge in [-0.2, -0.15) is 0 Å². The summed E-state index contributed by atoms with van der Waals surface area (Å²) < 4.78 is 17.2. The lowest BCUT2D eigenvalue weighted by Crippen LogP contribution is -2.72. The van der Waals surface area contributed by atoms with Gasteiger partial charge in [0.05, 0.1) is 25.9 Å². The molecule has 9 bridgehead atoms. The van der Waals surface area contributed by atoms with Gasteiger partial charge in [0, 0.05) is 41.2 Å². The highest BCUT2D eigenvalue weighted by Crippen LogP contribution is 2.89. The third-order valence-electron chi connectivity index (χ3n) is 12.2. The molecule has 3 heterocycles. The van der Waals surface area contributed by atoms with Gasteiger partial charge in [0.1, 0.15) is 11.8 Å². The molecule has 0 amide bonds. The highest BCUT2D eigenvalue weighted by Gasteiger charge is 2.93. The van der Waals surface area contributed by atoms with Crippen LogP contribution >= 0.6 is 0 Å². The van der Waals surface area contributed by atoms with Gasteiger partial charge in [-0.1, -0.05) is 19.9 Å². The van der Waals surface area contributed by atoms with E-state index in [1.807, 2.05) is 0 Å². The van der Waals surface area contributed by atoms with Gasteiger partial charge in [-0.3, -0.25) is 4.90 Å². The number of benzene rings is 1. The van der Waals surface area contributed by atoms with Crippen LogP contribution in [0.5, 0.6) is 11.5 Å². The van der Waals surface area contributed by atoms with E-state index in [4.69, 9.17) is 14.2 Å². The lowest BCUT2D eigenvalue weighted by Gasteiger charge is -2.67. The van der Waals surface area contributed by atoms with Crippen LogP contribution in [0.3, 0.4) is 0 Å². The molecule has 7 heteroatoms. The number of esters is 1. The first-order valence-electron chi connectivity index (χ1n) is 13.5. The van der Waals surface area contributed by atoms with Crippen LogP contribution in [0, 0.1) is 39.9 Å². The Morgan fingerprint density at radius 3 is 2.69 bits per heavy atom. The number of aliphatic hydroxyl groups is 2. The molecule has 36 heavy (non-hydrogen) atoms. The van der Waals surface area contributed by atoms with Gasteiger partial charge in [0.15, 0.2) is 11.5 Å². The number of carbonyl (C=O) groups is 1. The molecule has 7 nitrogen and oxygen atoms in total. The van der Waals surface area contributed by atoms with Gasteiger partial charge in [-0.15, -0.1) is 0 Å². The minimum absolute atomic E-state index is 0.0403. The largest absolute Gasteiger partial charge is 0.493 e. The average Bonchev–Trinajstić information content (AvgIpc) is 3.22. The summed E-state index contributed by atoms with van der Waals surface area (Å²) in [6, 6.07) is 5.38. The summed E-state index contributed by atoms with van der Waals surface area (Å²) in [5.41, 5.74) is -0.171. The van der Waals surface area contributed by atoms with Crippen molar-refractivity contribution < 1.29 is 29.2 Å². The third kappa shape index (κ3) is 1.99. The van der Waals surface area contributed by atoms with E-state index < -0.39 is 17.2 Å². The zero-order valence-corrected chi connectivity index (χ0v) is 21.2. The van der Waals surface area contributed by atoms with Crippen LogP contribution in [-0.4, -0.2) is 65.8 Å². The number of hydrogen-bond acceptors (Lipinski definition) is 7. The Balaban J connectivity index is 1.25. The van der Waals surface area contributed by atoms with Crippen LogP contribution in [-0.2, 0) is 4.74 Å². The molecule has 9 aliphatic rings. The highest BCUT2D eigenvalue weighted by molar-refractivity contribution is 5.90. The van der Waals surface area contributed by atoms with Crippen molar-refractivity contribution in [3.8, 4) is 11.5 Å². The number of aliphatic hydroxyl groups excluding tert-OH is 1. The maximum absolute atomic E-state index is 13.6. The molecule has 1 aromatic rings. The van der Waals surface area contributed by atoms with Crippen LogP contribution < -0.4 is 9.47 Å². The molecule has 6 aliphatic carbocycles. The van der Waals surface area contributed by atoms with Crippen molar-refractivity contribution >= 4 is 5.97 Å². The maximum atomic E-state index is 13.6. The smallest absolute Gasteiger partial charge is 0.338 e. The van der Waals surface area contributed by atoms with E-state index in [-0.39, 0.29) is 46.7 Å². The molecule has 12 atom stereocenters. The molecule has 192 valence electrons. The maximum Gasteiger partial charge on any atom is 0.338 e. The standard InChI is InChI=1S/C29H35NO6/c1-14-16-11-17-22-27-9-5-8-26(2)13-30(22)29(33,25(26)27)12-28(17,23(14)31)21(27)20(16)36-24(32)15-6-7-18(34-3)19(10-15)35-4/h6-7,10,16-17,20-23,25,31,33H,1,5,8-9,11-13H2,2-4H3/t16-,17+,20+,21+,22?,23-,25-,26+,27+,28?,29+/m1/s1. The van der Waals surface area contributed by atoms with Gasteiger partial charge in [0.25, 0.3) is 0 Å². The SMILES string of the molecule is C=C1[C@H]2C[C@H]3C4N5C[C@]6(C)CCC[C@]47[C@H]([C@H]2OC(=O)c2ccc(OC)c(OC)c2)C3(C[C@]5(O)[C@H]67)[C@@H]1O. The zero-order valence-electron chi connectivity index (χ0n) is 21.2. The Morgan fingerprint density at radius 1 is 1.17 bits per heavy atom. The predicted molar refractivity (Wildman–Crippen MR) is 129 cm³/mol. The fourth-order valence-corrected chi connectivity index (χ4v) is 11.9. The summed E-state index contributed by atoms with van der Waals surface area (Å²) >= 11 is 0. The first-order chi connectivity index (χ1) is 17.2. The van der Waals surface area contributed by atoms with Crippen LogP contribution in [0.2, 0.25) is 0 Å². The molecular formula is C29H35NO6. The number of ether oxygens (including phenoxy) is 3. The third-order valence-corrected chi connectivity index (χ3v) is 12.2. The Bertz CT molecular complexity index is 1230. The molecule has 9 fully saturated rings. The number of hydrogen-bond donors (Lipinski definition) is 2. The second-order valence-electron chi connectivity index (χ2n) is 13.1. The van der Waals surface area contributed by atoms with Crippen LogP contribution in [0.1, 0.15) is 49.4 Å². The number of methoxy groups -OCH3 is 2. The quantitative estimate of drug-likeness (QED) is 0.493. The van der Waals surface area contributed by atoms with Crippen molar-refractivity contribution in [3.63, 3.8) is 0 Å². The van der Waals surface area contributed by atoms with E-state index in [9.17, 15) is 15.0 Å². The number of carbonyl (C=O) groups excluding carboxylic acids is 1. The summed E-state index contributed by atoms with van der Waals surface area (Å²) in [6.45, 7) is 7.63. The van der Waals surface area contributed by atoms with E-state index in [2.05, 4.69) is 18.4 Å². The number of piperidine rings is 2. The second-order valence-corrected chi connectivity index (χ2v) is 13.1. The fourth-order valence-electron chi connectivity index (χ4n) is 11.9. The molecule has 0 radical (unpaired) electrons. The molecule has 6 saturated carbocycles.